The highest BCUT2D eigenvalue weighted by Crippen LogP contribution is 2.13. The second-order valence-electron chi connectivity index (χ2n) is 4.84. The third-order valence-corrected chi connectivity index (χ3v) is 2.96. The van der Waals surface area contributed by atoms with Crippen molar-refractivity contribution in [2.45, 2.75) is 40.2 Å². The summed E-state index contributed by atoms with van der Waals surface area (Å²) in [5.41, 5.74) is 9.29. The van der Waals surface area contributed by atoms with E-state index in [0.717, 1.165) is 11.1 Å². The minimum Gasteiger partial charge on any atom is -0.321 e. The summed E-state index contributed by atoms with van der Waals surface area (Å²) in [7, 11) is 0. The maximum atomic E-state index is 11.9. The van der Waals surface area contributed by atoms with E-state index < -0.39 is 0 Å². The zero-order valence-corrected chi connectivity index (χ0v) is 10.6. The van der Waals surface area contributed by atoms with Crippen LogP contribution < -0.4 is 5.73 Å². The molecular formula is C14H21NO. The Bertz CT molecular complexity index is 382. The molecule has 0 radical (unpaired) electrons. The van der Waals surface area contributed by atoms with Crippen molar-refractivity contribution < 1.29 is 4.79 Å². The van der Waals surface area contributed by atoms with Crippen molar-refractivity contribution in [1.82, 2.24) is 0 Å². The van der Waals surface area contributed by atoms with Gasteiger partial charge in [-0.15, -0.1) is 0 Å². The first-order valence-electron chi connectivity index (χ1n) is 5.76. The van der Waals surface area contributed by atoms with Crippen molar-refractivity contribution in [2.24, 2.45) is 11.7 Å². The lowest BCUT2D eigenvalue weighted by Gasteiger charge is -2.15. The van der Waals surface area contributed by atoms with Gasteiger partial charge in [-0.05, 0) is 30.9 Å². The van der Waals surface area contributed by atoms with Crippen LogP contribution in [0.25, 0.3) is 0 Å². The Morgan fingerprint density at radius 1 is 1.31 bits per heavy atom. The van der Waals surface area contributed by atoms with Crippen LogP contribution in [-0.4, -0.2) is 11.8 Å². The number of Topliss-reactive ketones (excluding diaryl/α,β-unsaturated/α-hetero) is 1. The van der Waals surface area contributed by atoms with Gasteiger partial charge < -0.3 is 5.73 Å². The molecule has 0 aliphatic heterocycles. The van der Waals surface area contributed by atoms with E-state index in [1.807, 2.05) is 27.7 Å². The predicted molar refractivity (Wildman–Crippen MR) is 67.4 cm³/mol. The van der Waals surface area contributed by atoms with E-state index in [1.54, 1.807) is 0 Å². The molecular weight excluding hydrogens is 198 g/mol. The highest BCUT2D eigenvalue weighted by Gasteiger charge is 2.17. The molecule has 0 bridgehead atoms. The lowest BCUT2D eigenvalue weighted by Crippen LogP contribution is -2.36. The van der Waals surface area contributed by atoms with E-state index in [0.29, 0.717) is 6.42 Å². The normalized spacial score (nSPS) is 12.9. The second kappa shape index (κ2) is 5.26. The molecule has 0 aliphatic carbocycles. The van der Waals surface area contributed by atoms with E-state index in [2.05, 4.69) is 18.2 Å². The van der Waals surface area contributed by atoms with Gasteiger partial charge in [-0.2, -0.15) is 0 Å². The highest BCUT2D eigenvalue weighted by atomic mass is 16.1. The average Bonchev–Trinajstić information content (AvgIpc) is 2.22. The number of hydrogen-bond donors (Lipinski definition) is 1. The Morgan fingerprint density at radius 3 is 2.50 bits per heavy atom. The number of nitrogens with two attached hydrogens (primary N) is 1. The summed E-state index contributed by atoms with van der Waals surface area (Å²) in [6, 6.07) is 5.84. The smallest absolute Gasteiger partial charge is 0.154 e. The fraction of sp³-hybridized carbons (Fsp3) is 0.500. The lowest BCUT2D eigenvalue weighted by molar-refractivity contribution is -0.120. The molecule has 2 N–H and O–H groups in total. The molecule has 0 spiro atoms. The molecule has 0 fully saturated rings. The van der Waals surface area contributed by atoms with Crippen molar-refractivity contribution in [1.29, 1.82) is 0 Å². The van der Waals surface area contributed by atoms with Gasteiger partial charge >= 0.3 is 0 Å². The van der Waals surface area contributed by atoms with Gasteiger partial charge in [-0.25, -0.2) is 0 Å². The van der Waals surface area contributed by atoms with Gasteiger partial charge in [-0.3, -0.25) is 4.79 Å². The number of hydrogen-bond acceptors (Lipinski definition) is 2. The van der Waals surface area contributed by atoms with Crippen LogP contribution in [0.15, 0.2) is 18.2 Å². The molecule has 1 unspecified atom stereocenters. The van der Waals surface area contributed by atoms with Crippen LogP contribution in [0.2, 0.25) is 0 Å². The van der Waals surface area contributed by atoms with Crippen molar-refractivity contribution in [2.75, 3.05) is 0 Å². The molecule has 1 aromatic rings. The van der Waals surface area contributed by atoms with Crippen LogP contribution in [0, 0.1) is 19.8 Å². The number of carbonyl (C=O) groups is 1. The Hall–Kier alpha value is -1.15. The van der Waals surface area contributed by atoms with Gasteiger partial charge in [0.25, 0.3) is 0 Å². The van der Waals surface area contributed by atoms with E-state index in [9.17, 15) is 4.79 Å². The minimum atomic E-state index is -0.347. The number of rotatable bonds is 4. The molecule has 0 aliphatic rings. The van der Waals surface area contributed by atoms with Gasteiger partial charge in [0.05, 0.1) is 6.04 Å². The van der Waals surface area contributed by atoms with Crippen molar-refractivity contribution in [3.05, 3.63) is 34.9 Å². The van der Waals surface area contributed by atoms with Crippen LogP contribution in [0.4, 0.5) is 0 Å². The fourth-order valence-electron chi connectivity index (χ4n) is 1.67. The Labute approximate surface area is 97.9 Å². The number of benzene rings is 1. The molecule has 1 rings (SSSR count). The summed E-state index contributed by atoms with van der Waals surface area (Å²) >= 11 is 0. The first kappa shape index (κ1) is 12.9. The summed E-state index contributed by atoms with van der Waals surface area (Å²) in [6.07, 6.45) is 0.451. The Morgan fingerprint density at radius 2 is 1.94 bits per heavy atom. The number of aryl methyl sites for hydroxylation is 2. The molecule has 0 saturated carbocycles. The van der Waals surface area contributed by atoms with E-state index in [-0.39, 0.29) is 17.7 Å². The molecule has 0 heterocycles. The van der Waals surface area contributed by atoms with Crippen LogP contribution in [-0.2, 0) is 11.2 Å². The molecule has 88 valence electrons. The molecule has 1 atom stereocenters. The molecule has 2 heteroatoms. The first-order valence-corrected chi connectivity index (χ1v) is 5.76. The zero-order valence-electron chi connectivity index (χ0n) is 10.6. The maximum absolute atomic E-state index is 11.9. The van der Waals surface area contributed by atoms with Crippen molar-refractivity contribution >= 4 is 5.78 Å². The third-order valence-electron chi connectivity index (χ3n) is 2.96. The monoisotopic (exact) mass is 219 g/mol. The topological polar surface area (TPSA) is 43.1 Å². The van der Waals surface area contributed by atoms with Gasteiger partial charge in [0.1, 0.15) is 0 Å². The van der Waals surface area contributed by atoms with Crippen LogP contribution in [0.5, 0.6) is 0 Å². The summed E-state index contributed by atoms with van der Waals surface area (Å²) < 4.78 is 0. The average molecular weight is 219 g/mol. The highest BCUT2D eigenvalue weighted by molar-refractivity contribution is 5.86. The largest absolute Gasteiger partial charge is 0.321 e. The molecule has 2 nitrogen and oxygen atoms in total. The minimum absolute atomic E-state index is 0.128. The summed E-state index contributed by atoms with van der Waals surface area (Å²) in [5.74, 6) is 0.335. The van der Waals surface area contributed by atoms with Crippen LogP contribution >= 0.6 is 0 Å². The summed E-state index contributed by atoms with van der Waals surface area (Å²) in [6.45, 7) is 8.02. The van der Waals surface area contributed by atoms with Crippen molar-refractivity contribution in [3.8, 4) is 0 Å². The number of carbonyl (C=O) groups excluding carboxylic acids is 1. The SMILES string of the molecule is Cc1ccc(C)c(CC(=O)C(N)C(C)C)c1. The quantitative estimate of drug-likeness (QED) is 0.845. The first-order chi connectivity index (χ1) is 7.41. The fourth-order valence-corrected chi connectivity index (χ4v) is 1.67. The molecule has 0 saturated heterocycles. The van der Waals surface area contributed by atoms with Gasteiger partial charge in [-0.1, -0.05) is 37.6 Å². The molecule has 1 aromatic carbocycles. The van der Waals surface area contributed by atoms with E-state index in [1.165, 1.54) is 5.56 Å². The van der Waals surface area contributed by atoms with Gasteiger partial charge in [0, 0.05) is 6.42 Å². The zero-order chi connectivity index (χ0) is 12.3. The van der Waals surface area contributed by atoms with Crippen LogP contribution in [0.3, 0.4) is 0 Å². The molecule has 0 amide bonds. The Kier molecular flexibility index (Phi) is 4.25. The third kappa shape index (κ3) is 3.17. The number of ketones is 1. The standard InChI is InChI=1S/C14H21NO/c1-9(2)14(15)13(16)8-12-7-10(3)5-6-11(12)4/h5-7,9,14H,8,15H2,1-4H3. The second-order valence-corrected chi connectivity index (χ2v) is 4.84. The maximum Gasteiger partial charge on any atom is 0.154 e. The summed E-state index contributed by atoms with van der Waals surface area (Å²) in [4.78, 5) is 11.9. The summed E-state index contributed by atoms with van der Waals surface area (Å²) in [5, 5.41) is 0. The van der Waals surface area contributed by atoms with Crippen molar-refractivity contribution in [3.63, 3.8) is 0 Å². The molecule has 16 heavy (non-hydrogen) atoms. The van der Waals surface area contributed by atoms with E-state index >= 15 is 0 Å². The molecule has 0 aromatic heterocycles. The van der Waals surface area contributed by atoms with E-state index in [4.69, 9.17) is 5.73 Å². The predicted octanol–water partition coefficient (Wildman–Crippen LogP) is 2.40. The van der Waals surface area contributed by atoms with Crippen LogP contribution in [0.1, 0.15) is 30.5 Å². The Balaban J connectivity index is 2.80. The van der Waals surface area contributed by atoms with Gasteiger partial charge in [0.2, 0.25) is 0 Å². The van der Waals surface area contributed by atoms with Gasteiger partial charge in [0.15, 0.2) is 5.78 Å². The lowest BCUT2D eigenvalue weighted by atomic mass is 9.94.